The van der Waals surface area contributed by atoms with Crippen LogP contribution in [0.5, 0.6) is 0 Å². The van der Waals surface area contributed by atoms with Crippen LogP contribution in [0.1, 0.15) is 46.5 Å². The van der Waals surface area contributed by atoms with Gasteiger partial charge in [0.15, 0.2) is 0 Å². The van der Waals surface area contributed by atoms with Gasteiger partial charge in [-0.3, -0.25) is 0 Å². The maximum Gasteiger partial charge on any atom is 0.0512 e. The summed E-state index contributed by atoms with van der Waals surface area (Å²) in [6, 6.07) is 0. The molecule has 2 N–H and O–H groups in total. The zero-order chi connectivity index (χ0) is 11.9. The number of aliphatic hydroxyl groups excluding tert-OH is 2. The second-order valence-electron chi connectivity index (χ2n) is 5.00. The number of terminal acetylenes is 1. The van der Waals surface area contributed by atoms with Crippen LogP contribution >= 0.6 is 0 Å². The molecule has 0 aliphatic rings. The van der Waals surface area contributed by atoms with Crippen molar-refractivity contribution in [2.24, 2.45) is 11.3 Å². The molecule has 0 heterocycles. The largest absolute Gasteiger partial charge is 0.396 e. The highest BCUT2D eigenvalue weighted by Crippen LogP contribution is 2.35. The van der Waals surface area contributed by atoms with E-state index in [9.17, 15) is 10.2 Å². The van der Waals surface area contributed by atoms with Crippen molar-refractivity contribution in [1.29, 1.82) is 0 Å². The van der Waals surface area contributed by atoms with Crippen molar-refractivity contribution < 1.29 is 10.2 Å². The summed E-state index contributed by atoms with van der Waals surface area (Å²) in [6.45, 7) is 6.24. The quantitative estimate of drug-likeness (QED) is 0.635. The van der Waals surface area contributed by atoms with Crippen molar-refractivity contribution in [3.63, 3.8) is 0 Å². The Hall–Kier alpha value is -0.520. The molecule has 0 fully saturated rings. The van der Waals surface area contributed by atoms with Crippen molar-refractivity contribution in [2.45, 2.75) is 52.6 Å². The zero-order valence-electron chi connectivity index (χ0n) is 10.2. The minimum Gasteiger partial charge on any atom is -0.396 e. The van der Waals surface area contributed by atoms with E-state index in [4.69, 9.17) is 6.42 Å². The number of aliphatic hydroxyl groups is 2. The molecule has 0 aromatic carbocycles. The third kappa shape index (κ3) is 5.81. The monoisotopic (exact) mass is 212 g/mol. The van der Waals surface area contributed by atoms with Crippen LogP contribution in [-0.4, -0.2) is 22.9 Å². The van der Waals surface area contributed by atoms with Gasteiger partial charge in [0.2, 0.25) is 0 Å². The van der Waals surface area contributed by atoms with Crippen molar-refractivity contribution in [3.8, 4) is 12.3 Å². The molecule has 0 aromatic heterocycles. The predicted molar refractivity (Wildman–Crippen MR) is 63.3 cm³/mol. The van der Waals surface area contributed by atoms with Gasteiger partial charge in [0.25, 0.3) is 0 Å². The fourth-order valence-corrected chi connectivity index (χ4v) is 1.77. The van der Waals surface area contributed by atoms with E-state index in [0.29, 0.717) is 6.42 Å². The summed E-state index contributed by atoms with van der Waals surface area (Å²) in [5.41, 5.74) is 0.0442. The SMILES string of the molecule is C#CCCC(CO)C(C)(C)CCC(C)O. The van der Waals surface area contributed by atoms with Crippen molar-refractivity contribution in [2.75, 3.05) is 6.61 Å². The lowest BCUT2D eigenvalue weighted by Gasteiger charge is -2.33. The minimum absolute atomic E-state index is 0.0442. The summed E-state index contributed by atoms with van der Waals surface area (Å²) in [4.78, 5) is 0. The first-order chi connectivity index (χ1) is 6.94. The highest BCUT2D eigenvalue weighted by Gasteiger charge is 2.28. The maximum atomic E-state index is 9.32. The lowest BCUT2D eigenvalue weighted by molar-refractivity contribution is 0.0822. The van der Waals surface area contributed by atoms with Crippen LogP contribution in [0.4, 0.5) is 0 Å². The standard InChI is InChI=1S/C13H24O2/c1-5-6-7-12(10-14)13(3,4)9-8-11(2)15/h1,11-12,14-15H,6-10H2,2-4H3. The molecule has 88 valence electrons. The van der Waals surface area contributed by atoms with Gasteiger partial charge in [0.05, 0.1) is 6.10 Å². The van der Waals surface area contributed by atoms with Gasteiger partial charge in [0.1, 0.15) is 0 Å². The van der Waals surface area contributed by atoms with E-state index in [1.165, 1.54) is 0 Å². The Labute approximate surface area is 93.7 Å². The van der Waals surface area contributed by atoms with Crippen molar-refractivity contribution in [3.05, 3.63) is 0 Å². The first kappa shape index (κ1) is 14.5. The van der Waals surface area contributed by atoms with Gasteiger partial charge in [-0.1, -0.05) is 13.8 Å². The molecule has 2 nitrogen and oxygen atoms in total. The normalized spacial score (nSPS) is 15.7. The van der Waals surface area contributed by atoms with E-state index < -0.39 is 0 Å². The van der Waals surface area contributed by atoms with E-state index in [2.05, 4.69) is 19.8 Å². The molecule has 0 radical (unpaired) electrons. The maximum absolute atomic E-state index is 9.32. The van der Waals surface area contributed by atoms with Gasteiger partial charge < -0.3 is 10.2 Å². The Morgan fingerprint density at radius 3 is 2.33 bits per heavy atom. The van der Waals surface area contributed by atoms with E-state index in [1.807, 2.05) is 0 Å². The molecule has 0 saturated heterocycles. The molecule has 0 aliphatic carbocycles. The molecule has 0 spiro atoms. The number of rotatable bonds is 7. The van der Waals surface area contributed by atoms with E-state index >= 15 is 0 Å². The average molecular weight is 212 g/mol. The van der Waals surface area contributed by atoms with Gasteiger partial charge in [-0.25, -0.2) is 0 Å². The smallest absolute Gasteiger partial charge is 0.0512 e. The molecule has 2 unspecified atom stereocenters. The third-order valence-electron chi connectivity index (χ3n) is 3.17. The molecule has 2 atom stereocenters. The Morgan fingerprint density at radius 2 is 1.93 bits per heavy atom. The topological polar surface area (TPSA) is 40.5 Å². The highest BCUT2D eigenvalue weighted by molar-refractivity contribution is 4.87. The zero-order valence-corrected chi connectivity index (χ0v) is 10.2. The Morgan fingerprint density at radius 1 is 1.33 bits per heavy atom. The molecule has 0 rings (SSSR count). The third-order valence-corrected chi connectivity index (χ3v) is 3.17. The van der Waals surface area contributed by atoms with E-state index in [0.717, 1.165) is 19.3 Å². The predicted octanol–water partition coefficient (Wildman–Crippen LogP) is 2.20. The second-order valence-corrected chi connectivity index (χ2v) is 5.00. The summed E-state index contributed by atoms with van der Waals surface area (Å²) < 4.78 is 0. The highest BCUT2D eigenvalue weighted by atomic mass is 16.3. The van der Waals surface area contributed by atoms with Crippen LogP contribution in [0.3, 0.4) is 0 Å². The molecule has 0 bridgehead atoms. The summed E-state index contributed by atoms with van der Waals surface area (Å²) in [5.74, 6) is 2.84. The summed E-state index contributed by atoms with van der Waals surface area (Å²) >= 11 is 0. The van der Waals surface area contributed by atoms with Gasteiger partial charge in [-0.15, -0.1) is 12.3 Å². The van der Waals surface area contributed by atoms with Gasteiger partial charge in [-0.05, 0) is 37.5 Å². The van der Waals surface area contributed by atoms with E-state index in [1.54, 1.807) is 6.92 Å². The molecule has 0 aromatic rings. The first-order valence-electron chi connectivity index (χ1n) is 5.66. The molecule has 0 aliphatic heterocycles. The van der Waals surface area contributed by atoms with Gasteiger partial charge in [-0.2, -0.15) is 0 Å². The summed E-state index contributed by atoms with van der Waals surface area (Å²) in [6.07, 6.45) is 8.23. The molecular weight excluding hydrogens is 188 g/mol. The number of hydrogen-bond donors (Lipinski definition) is 2. The van der Waals surface area contributed by atoms with Crippen LogP contribution in [0.2, 0.25) is 0 Å². The van der Waals surface area contributed by atoms with Crippen LogP contribution in [0.25, 0.3) is 0 Å². The summed E-state index contributed by atoms with van der Waals surface area (Å²) in [5, 5.41) is 18.6. The van der Waals surface area contributed by atoms with Crippen LogP contribution in [0, 0.1) is 23.7 Å². The molecule has 15 heavy (non-hydrogen) atoms. The van der Waals surface area contributed by atoms with Crippen molar-refractivity contribution in [1.82, 2.24) is 0 Å². The van der Waals surface area contributed by atoms with Gasteiger partial charge >= 0.3 is 0 Å². The first-order valence-corrected chi connectivity index (χ1v) is 5.66. The van der Waals surface area contributed by atoms with Gasteiger partial charge in [0, 0.05) is 13.0 Å². The second kappa shape index (κ2) is 6.87. The summed E-state index contributed by atoms with van der Waals surface area (Å²) in [7, 11) is 0. The Bertz CT molecular complexity index is 201. The lowest BCUT2D eigenvalue weighted by Crippen LogP contribution is -2.28. The fraction of sp³-hybridized carbons (Fsp3) is 0.846. The Balaban J connectivity index is 4.18. The fourth-order valence-electron chi connectivity index (χ4n) is 1.77. The number of hydrogen-bond acceptors (Lipinski definition) is 2. The minimum atomic E-state index is -0.267. The van der Waals surface area contributed by atoms with Crippen molar-refractivity contribution >= 4 is 0 Å². The molecular formula is C13H24O2. The van der Waals surface area contributed by atoms with E-state index in [-0.39, 0.29) is 24.0 Å². The molecule has 0 amide bonds. The average Bonchev–Trinajstić information content (AvgIpc) is 2.16. The molecule has 0 saturated carbocycles. The molecule has 2 heteroatoms. The Kier molecular flexibility index (Phi) is 6.63. The van der Waals surface area contributed by atoms with Crippen LogP contribution in [0.15, 0.2) is 0 Å². The van der Waals surface area contributed by atoms with Crippen LogP contribution in [-0.2, 0) is 0 Å². The lowest BCUT2D eigenvalue weighted by atomic mass is 9.73. The van der Waals surface area contributed by atoms with Crippen LogP contribution < -0.4 is 0 Å².